The van der Waals surface area contributed by atoms with Crippen molar-refractivity contribution in [3.8, 4) is 5.88 Å². The van der Waals surface area contributed by atoms with Gasteiger partial charge in [0.25, 0.3) is 0 Å². The molecular weight excluding hydrogens is 210 g/mol. The van der Waals surface area contributed by atoms with Gasteiger partial charge >= 0.3 is 0 Å². The van der Waals surface area contributed by atoms with E-state index in [1.54, 1.807) is 7.11 Å². The normalized spacial score (nSPS) is 14.8. The number of methoxy groups -OCH3 is 1. The van der Waals surface area contributed by atoms with E-state index in [0.717, 1.165) is 35.3 Å². The molecule has 2 heterocycles. The summed E-state index contributed by atoms with van der Waals surface area (Å²) in [6.07, 6.45) is 1.72. The van der Waals surface area contributed by atoms with Crippen molar-refractivity contribution in [3.63, 3.8) is 0 Å². The third-order valence-corrected chi connectivity index (χ3v) is 3.37. The number of nitrogens with two attached hydrogens (primary N) is 1. The van der Waals surface area contributed by atoms with E-state index in [4.69, 9.17) is 10.5 Å². The Balaban J connectivity index is 2.38. The standard InChI is InChI=1S/C10H15N3OS/c1-14-10-7-3-5-15-6-8(7)12-9(13-10)2-4-11/h2-6,11H2,1H3. The molecule has 0 amide bonds. The predicted octanol–water partition coefficient (Wildman–Crippen LogP) is 0.776. The largest absolute Gasteiger partial charge is 0.481 e. The Hall–Kier alpha value is -0.810. The summed E-state index contributed by atoms with van der Waals surface area (Å²) >= 11 is 1.91. The Bertz CT molecular complexity index is 340. The molecule has 1 aliphatic rings. The van der Waals surface area contributed by atoms with Gasteiger partial charge in [0.15, 0.2) is 0 Å². The van der Waals surface area contributed by atoms with Gasteiger partial charge in [-0.3, -0.25) is 0 Å². The summed E-state index contributed by atoms with van der Waals surface area (Å²) in [7, 11) is 1.66. The van der Waals surface area contributed by atoms with Crippen molar-refractivity contribution in [1.82, 2.24) is 9.97 Å². The van der Waals surface area contributed by atoms with Gasteiger partial charge < -0.3 is 10.5 Å². The molecule has 2 N–H and O–H groups in total. The lowest BCUT2D eigenvalue weighted by Gasteiger charge is -2.17. The van der Waals surface area contributed by atoms with Crippen molar-refractivity contribution >= 4 is 11.8 Å². The fourth-order valence-electron chi connectivity index (χ4n) is 1.68. The second-order valence-corrected chi connectivity index (χ2v) is 4.52. The zero-order valence-electron chi connectivity index (χ0n) is 8.82. The van der Waals surface area contributed by atoms with Crippen LogP contribution in [-0.4, -0.2) is 29.4 Å². The van der Waals surface area contributed by atoms with Gasteiger partial charge in [0, 0.05) is 17.7 Å². The molecule has 2 rings (SSSR count). The van der Waals surface area contributed by atoms with E-state index in [-0.39, 0.29) is 0 Å². The molecule has 0 saturated carbocycles. The molecular formula is C10H15N3OS. The molecule has 0 unspecified atom stereocenters. The number of rotatable bonds is 3. The number of nitrogens with zero attached hydrogens (tertiary/aromatic N) is 2. The maximum absolute atomic E-state index is 5.50. The van der Waals surface area contributed by atoms with Crippen molar-refractivity contribution in [2.45, 2.75) is 18.6 Å². The Labute approximate surface area is 93.6 Å². The average molecular weight is 225 g/mol. The minimum absolute atomic E-state index is 0.578. The summed E-state index contributed by atoms with van der Waals surface area (Å²) in [6.45, 7) is 0.578. The molecule has 1 aromatic heterocycles. The van der Waals surface area contributed by atoms with Gasteiger partial charge in [-0.15, -0.1) is 0 Å². The van der Waals surface area contributed by atoms with Crippen LogP contribution in [0.4, 0.5) is 0 Å². The minimum atomic E-state index is 0.578. The Morgan fingerprint density at radius 2 is 2.33 bits per heavy atom. The van der Waals surface area contributed by atoms with E-state index in [0.29, 0.717) is 13.0 Å². The van der Waals surface area contributed by atoms with Crippen LogP contribution in [0, 0.1) is 0 Å². The first-order valence-corrected chi connectivity index (χ1v) is 6.21. The Morgan fingerprint density at radius 3 is 3.07 bits per heavy atom. The summed E-state index contributed by atoms with van der Waals surface area (Å²) in [5, 5.41) is 0. The lowest BCUT2D eigenvalue weighted by molar-refractivity contribution is 0.388. The number of aromatic nitrogens is 2. The van der Waals surface area contributed by atoms with Crippen molar-refractivity contribution in [2.24, 2.45) is 5.73 Å². The van der Waals surface area contributed by atoms with Crippen molar-refractivity contribution in [3.05, 3.63) is 17.1 Å². The summed E-state index contributed by atoms with van der Waals surface area (Å²) in [5.41, 5.74) is 7.81. The van der Waals surface area contributed by atoms with Gasteiger partial charge in [-0.2, -0.15) is 16.7 Å². The van der Waals surface area contributed by atoms with Crippen molar-refractivity contribution in [2.75, 3.05) is 19.4 Å². The third-order valence-electron chi connectivity index (χ3n) is 2.40. The summed E-state index contributed by atoms with van der Waals surface area (Å²) in [4.78, 5) is 8.89. The van der Waals surface area contributed by atoms with E-state index in [1.807, 2.05) is 11.8 Å². The fourth-order valence-corrected chi connectivity index (χ4v) is 2.60. The first-order valence-electron chi connectivity index (χ1n) is 5.05. The molecule has 0 atom stereocenters. The highest BCUT2D eigenvalue weighted by Crippen LogP contribution is 2.28. The van der Waals surface area contributed by atoms with Crippen LogP contribution in [0.1, 0.15) is 17.1 Å². The van der Waals surface area contributed by atoms with Crippen LogP contribution in [0.15, 0.2) is 0 Å². The molecule has 0 saturated heterocycles. The van der Waals surface area contributed by atoms with E-state index >= 15 is 0 Å². The maximum atomic E-state index is 5.50. The fraction of sp³-hybridized carbons (Fsp3) is 0.600. The van der Waals surface area contributed by atoms with E-state index in [9.17, 15) is 0 Å². The Morgan fingerprint density at radius 1 is 1.47 bits per heavy atom. The second kappa shape index (κ2) is 4.81. The smallest absolute Gasteiger partial charge is 0.219 e. The maximum Gasteiger partial charge on any atom is 0.219 e. The zero-order valence-corrected chi connectivity index (χ0v) is 9.64. The molecule has 0 fully saturated rings. The highest BCUT2D eigenvalue weighted by molar-refractivity contribution is 7.98. The van der Waals surface area contributed by atoms with Crippen LogP contribution in [-0.2, 0) is 18.6 Å². The molecule has 4 nitrogen and oxygen atoms in total. The predicted molar refractivity (Wildman–Crippen MR) is 61.2 cm³/mol. The topological polar surface area (TPSA) is 61.0 Å². The first kappa shape index (κ1) is 10.7. The van der Waals surface area contributed by atoms with E-state index < -0.39 is 0 Å². The van der Waals surface area contributed by atoms with Crippen LogP contribution in [0.25, 0.3) is 0 Å². The molecule has 1 aromatic rings. The van der Waals surface area contributed by atoms with Crippen LogP contribution >= 0.6 is 11.8 Å². The number of ether oxygens (including phenoxy) is 1. The molecule has 0 aromatic carbocycles. The summed E-state index contributed by atoms with van der Waals surface area (Å²) < 4.78 is 5.30. The molecule has 0 aliphatic carbocycles. The van der Waals surface area contributed by atoms with Crippen molar-refractivity contribution in [1.29, 1.82) is 0 Å². The third kappa shape index (κ3) is 2.23. The van der Waals surface area contributed by atoms with Gasteiger partial charge in [-0.1, -0.05) is 0 Å². The summed E-state index contributed by atoms with van der Waals surface area (Å²) in [6, 6.07) is 0. The highest BCUT2D eigenvalue weighted by atomic mass is 32.2. The number of hydrogen-bond donors (Lipinski definition) is 1. The van der Waals surface area contributed by atoms with Gasteiger partial charge in [0.05, 0.1) is 12.8 Å². The molecule has 0 radical (unpaired) electrons. The molecule has 15 heavy (non-hydrogen) atoms. The number of thioether (sulfide) groups is 1. The van der Waals surface area contributed by atoms with Gasteiger partial charge in [0.2, 0.25) is 5.88 Å². The van der Waals surface area contributed by atoms with Crippen LogP contribution < -0.4 is 10.5 Å². The molecule has 82 valence electrons. The quantitative estimate of drug-likeness (QED) is 0.823. The van der Waals surface area contributed by atoms with Gasteiger partial charge in [0.1, 0.15) is 5.82 Å². The minimum Gasteiger partial charge on any atom is -0.481 e. The summed E-state index contributed by atoms with van der Waals surface area (Å²) in [5.74, 6) is 3.63. The van der Waals surface area contributed by atoms with E-state index in [1.165, 1.54) is 5.56 Å². The Kier molecular flexibility index (Phi) is 3.43. The second-order valence-electron chi connectivity index (χ2n) is 3.42. The molecule has 0 bridgehead atoms. The van der Waals surface area contributed by atoms with Gasteiger partial charge in [-0.05, 0) is 18.7 Å². The van der Waals surface area contributed by atoms with Crippen LogP contribution in [0.2, 0.25) is 0 Å². The SMILES string of the molecule is COc1nc(CCN)nc2c1CCSC2. The van der Waals surface area contributed by atoms with Gasteiger partial charge in [-0.25, -0.2) is 4.98 Å². The highest BCUT2D eigenvalue weighted by Gasteiger charge is 2.18. The molecule has 0 spiro atoms. The first-order chi connectivity index (χ1) is 7.35. The van der Waals surface area contributed by atoms with Crippen LogP contribution in [0.5, 0.6) is 5.88 Å². The van der Waals surface area contributed by atoms with Crippen LogP contribution in [0.3, 0.4) is 0 Å². The average Bonchev–Trinajstić information content (AvgIpc) is 2.28. The van der Waals surface area contributed by atoms with E-state index in [2.05, 4.69) is 9.97 Å². The number of fused-ring (bicyclic) bond motifs is 1. The monoisotopic (exact) mass is 225 g/mol. The lowest BCUT2D eigenvalue weighted by atomic mass is 10.1. The lowest BCUT2D eigenvalue weighted by Crippen LogP contribution is -2.14. The zero-order chi connectivity index (χ0) is 10.7. The van der Waals surface area contributed by atoms with Crippen molar-refractivity contribution < 1.29 is 4.74 Å². The molecule has 5 heteroatoms. The molecule has 1 aliphatic heterocycles. The number of hydrogen-bond acceptors (Lipinski definition) is 5.